The zero-order chi connectivity index (χ0) is 38.5. The van der Waals surface area contributed by atoms with Gasteiger partial charge in [0, 0.05) is 47.9 Å². The Bertz CT molecular complexity index is 2100. The first-order valence-corrected chi connectivity index (χ1v) is 19.6. The number of carbonyl (C=O) groups is 1. The fraction of sp³-hybridized carbons (Fsp3) is 0.524. The second-order valence-electron chi connectivity index (χ2n) is 16.2. The molecule has 8 rings (SSSR count). The number of aryl methyl sites for hydroxylation is 1. The van der Waals surface area contributed by atoms with Gasteiger partial charge in [-0.15, -0.1) is 0 Å². The minimum absolute atomic E-state index is 0.00589. The van der Waals surface area contributed by atoms with Crippen LogP contribution in [0.15, 0.2) is 43.6 Å². The van der Waals surface area contributed by atoms with Gasteiger partial charge in [-0.25, -0.2) is 0 Å². The average Bonchev–Trinajstić information content (AvgIpc) is 3.65. The lowest BCUT2D eigenvalue weighted by molar-refractivity contribution is -0.153. The lowest BCUT2D eigenvalue weighted by atomic mass is 9.67. The summed E-state index contributed by atoms with van der Waals surface area (Å²) in [6, 6.07) is 5.87. The van der Waals surface area contributed by atoms with Crippen LogP contribution in [-0.2, 0) is 4.79 Å². The molecule has 3 saturated heterocycles. The molecule has 1 aliphatic carbocycles. The monoisotopic (exact) mass is 757 g/mol. The Morgan fingerprint density at radius 2 is 1.69 bits per heavy atom. The van der Waals surface area contributed by atoms with Crippen molar-refractivity contribution >= 4 is 39.6 Å². The summed E-state index contributed by atoms with van der Waals surface area (Å²) >= 11 is 0. The van der Waals surface area contributed by atoms with Crippen LogP contribution in [0.25, 0.3) is 39.0 Å². The molecule has 1 amide bonds. The number of carbonyl (C=O) groups excluding carboxylic acids is 1. The third kappa shape index (κ3) is 7.16. The van der Waals surface area contributed by atoms with Gasteiger partial charge in [0.05, 0.1) is 11.7 Å². The number of alkyl halides is 3. The highest BCUT2D eigenvalue weighted by molar-refractivity contribution is 6.07. The van der Waals surface area contributed by atoms with Crippen LogP contribution in [0, 0.1) is 17.8 Å². The third-order valence-corrected chi connectivity index (χ3v) is 12.9. The van der Waals surface area contributed by atoms with Crippen molar-refractivity contribution in [3.8, 4) is 22.9 Å². The van der Waals surface area contributed by atoms with E-state index >= 15 is 0 Å². The molecular formula is C42H50F3N7O3. The van der Waals surface area contributed by atoms with Crippen LogP contribution in [0.2, 0.25) is 0 Å². The number of piperidine rings is 2. The van der Waals surface area contributed by atoms with Crippen LogP contribution in [0.1, 0.15) is 69.4 Å². The predicted molar refractivity (Wildman–Crippen MR) is 208 cm³/mol. The Balaban J connectivity index is 1.21. The van der Waals surface area contributed by atoms with E-state index in [1.807, 2.05) is 30.0 Å². The van der Waals surface area contributed by atoms with Gasteiger partial charge in [-0.3, -0.25) is 9.89 Å². The smallest absolute Gasteiger partial charge is 0.422 e. The number of benzene rings is 2. The summed E-state index contributed by atoms with van der Waals surface area (Å²) in [5.41, 5.74) is 3.94. The quantitative estimate of drug-likeness (QED) is 0.171. The van der Waals surface area contributed by atoms with Crippen LogP contribution in [0.3, 0.4) is 0 Å². The van der Waals surface area contributed by atoms with Crippen molar-refractivity contribution in [3.63, 3.8) is 0 Å². The van der Waals surface area contributed by atoms with Gasteiger partial charge in [-0.1, -0.05) is 32.2 Å². The standard InChI is InChI=1S/C42H50F3N7O3/c1-5-28-22-30-36(37(54-26-42(43,44)45)35(28)34-27(4)8-9-32-31(34)23-46-49-32)47-39(55-29-10-12-40(13-11-29)14-18-50(7-3)19-15-40)48-38(30)51-20-16-41(17-21-51)24-52(25-41)33(53)6-2/h5-6,8-9,22-23,29H,1-2,7,10-21,24-26H2,3-4H3,(H,46,49). The summed E-state index contributed by atoms with van der Waals surface area (Å²) in [7, 11) is 0. The molecule has 4 aliphatic rings. The first-order chi connectivity index (χ1) is 26.4. The van der Waals surface area contributed by atoms with Crippen LogP contribution in [0.5, 0.6) is 11.8 Å². The number of nitrogens with one attached hydrogen (secondary N) is 1. The van der Waals surface area contributed by atoms with Gasteiger partial charge in [-0.05, 0) is 118 Å². The molecule has 0 atom stereocenters. The minimum Gasteiger partial charge on any atom is -0.481 e. The lowest BCUT2D eigenvalue weighted by Crippen LogP contribution is -2.61. The number of ether oxygens (including phenoxy) is 2. The summed E-state index contributed by atoms with van der Waals surface area (Å²) < 4.78 is 54.7. The zero-order valence-corrected chi connectivity index (χ0v) is 31.8. The van der Waals surface area contributed by atoms with Crippen LogP contribution in [-0.4, -0.2) is 101 Å². The summed E-state index contributed by atoms with van der Waals surface area (Å²) in [5.74, 6) is 0.542. The Hall–Kier alpha value is -4.65. The molecule has 4 aromatic rings. The lowest BCUT2D eigenvalue weighted by Gasteiger charge is -2.54. The van der Waals surface area contributed by atoms with Crippen LogP contribution >= 0.6 is 0 Å². The molecular weight excluding hydrogens is 708 g/mol. The molecule has 2 aromatic heterocycles. The van der Waals surface area contributed by atoms with Gasteiger partial charge in [0.2, 0.25) is 5.91 Å². The number of rotatable bonds is 9. The van der Waals surface area contributed by atoms with Crippen molar-refractivity contribution in [3.05, 3.63) is 54.8 Å². The molecule has 10 nitrogen and oxygen atoms in total. The molecule has 2 spiro atoms. The number of halogens is 3. The molecule has 2 aromatic carbocycles. The Morgan fingerprint density at radius 3 is 2.35 bits per heavy atom. The second-order valence-corrected chi connectivity index (χ2v) is 16.2. The Labute approximate surface area is 319 Å². The topological polar surface area (TPSA) is 99.7 Å². The van der Waals surface area contributed by atoms with E-state index in [-0.39, 0.29) is 34.7 Å². The molecule has 55 heavy (non-hydrogen) atoms. The first kappa shape index (κ1) is 37.3. The number of amides is 1. The highest BCUT2D eigenvalue weighted by atomic mass is 19.4. The summed E-state index contributed by atoms with van der Waals surface area (Å²) in [6.07, 6.45) is 7.90. The number of hydrogen-bond donors (Lipinski definition) is 1. The van der Waals surface area contributed by atoms with E-state index in [2.05, 4.69) is 40.1 Å². The summed E-state index contributed by atoms with van der Waals surface area (Å²) in [4.78, 5) is 28.8. The highest BCUT2D eigenvalue weighted by Gasteiger charge is 2.47. The zero-order valence-electron chi connectivity index (χ0n) is 31.8. The molecule has 1 saturated carbocycles. The predicted octanol–water partition coefficient (Wildman–Crippen LogP) is 8.10. The molecule has 0 unspecified atom stereocenters. The van der Waals surface area contributed by atoms with E-state index in [9.17, 15) is 18.0 Å². The van der Waals surface area contributed by atoms with Crippen LogP contribution < -0.4 is 14.4 Å². The van der Waals surface area contributed by atoms with E-state index in [4.69, 9.17) is 19.4 Å². The van der Waals surface area contributed by atoms with Gasteiger partial charge in [-0.2, -0.15) is 28.2 Å². The maximum Gasteiger partial charge on any atom is 0.422 e. The molecule has 1 N–H and O–H groups in total. The number of H-pyrrole nitrogens is 1. The Kier molecular flexibility index (Phi) is 9.80. The number of fused-ring (bicyclic) bond motifs is 2. The van der Waals surface area contributed by atoms with E-state index in [1.165, 1.54) is 18.9 Å². The van der Waals surface area contributed by atoms with Gasteiger partial charge in [0.15, 0.2) is 12.4 Å². The van der Waals surface area contributed by atoms with Crippen molar-refractivity contribution in [1.82, 2.24) is 30.0 Å². The van der Waals surface area contributed by atoms with Gasteiger partial charge in [0.25, 0.3) is 0 Å². The normalized spacial score (nSPS) is 20.2. The SMILES string of the molecule is C=CC(=O)N1CC2(CCN(c3nc(OC4CCC5(CC4)CCN(CC)CC5)nc4c(OCC(F)(F)F)c(-c5c(C)ccc6[nH]ncc56)c(C=C)cc34)CC2)C1. The molecule has 13 heteroatoms. The molecule has 0 bridgehead atoms. The molecule has 292 valence electrons. The van der Waals surface area contributed by atoms with Gasteiger partial charge < -0.3 is 24.2 Å². The van der Waals surface area contributed by atoms with Gasteiger partial charge >= 0.3 is 12.2 Å². The highest BCUT2D eigenvalue weighted by Crippen LogP contribution is 2.49. The maximum absolute atomic E-state index is 14.0. The van der Waals surface area contributed by atoms with Crippen molar-refractivity contribution < 1.29 is 27.4 Å². The second kappa shape index (κ2) is 14.5. The minimum atomic E-state index is -4.60. The number of hydrogen-bond acceptors (Lipinski definition) is 8. The number of aromatic amines is 1. The molecule has 5 heterocycles. The number of nitrogens with zero attached hydrogens (tertiary/aromatic N) is 6. The first-order valence-electron chi connectivity index (χ1n) is 19.6. The molecule has 3 aliphatic heterocycles. The summed E-state index contributed by atoms with van der Waals surface area (Å²) in [5, 5.41) is 8.55. The van der Waals surface area contributed by atoms with E-state index < -0.39 is 12.8 Å². The van der Waals surface area contributed by atoms with E-state index in [0.29, 0.717) is 59.5 Å². The van der Waals surface area contributed by atoms with Crippen molar-refractivity contribution in [2.75, 3.05) is 57.3 Å². The van der Waals surface area contributed by atoms with Crippen molar-refractivity contribution in [2.24, 2.45) is 10.8 Å². The number of anilines is 1. The van der Waals surface area contributed by atoms with Crippen molar-refractivity contribution in [2.45, 2.75) is 77.5 Å². The largest absolute Gasteiger partial charge is 0.481 e. The molecule has 0 radical (unpaired) electrons. The summed E-state index contributed by atoms with van der Waals surface area (Å²) in [6.45, 7) is 16.4. The number of aromatic nitrogens is 4. The van der Waals surface area contributed by atoms with Crippen LogP contribution in [0.4, 0.5) is 19.0 Å². The fourth-order valence-corrected chi connectivity index (χ4v) is 9.56. The third-order valence-electron chi connectivity index (χ3n) is 12.9. The van der Waals surface area contributed by atoms with Crippen molar-refractivity contribution in [1.29, 1.82) is 0 Å². The van der Waals surface area contributed by atoms with E-state index in [1.54, 1.807) is 12.3 Å². The molecule has 4 fully saturated rings. The van der Waals surface area contributed by atoms with Gasteiger partial charge in [0.1, 0.15) is 17.4 Å². The average molecular weight is 758 g/mol. The Morgan fingerprint density at radius 1 is 0.982 bits per heavy atom. The fourth-order valence-electron chi connectivity index (χ4n) is 9.56. The number of likely N-dealkylation sites (tertiary alicyclic amines) is 2. The van der Waals surface area contributed by atoms with E-state index in [0.717, 1.165) is 74.6 Å². The maximum atomic E-state index is 14.0.